The zero-order valence-electron chi connectivity index (χ0n) is 25.5. The van der Waals surface area contributed by atoms with Crippen LogP contribution in [-0.4, -0.2) is 53.6 Å². The van der Waals surface area contributed by atoms with Crippen molar-refractivity contribution >= 4 is 34.2 Å². The third-order valence-electron chi connectivity index (χ3n) is 6.74. The highest BCUT2D eigenvalue weighted by atomic mass is 35.5. The molecule has 1 saturated heterocycles. The number of carbonyl (C=O) groups excluding carboxylic acids is 1. The number of benzene rings is 3. The molecule has 0 bridgehead atoms. The third kappa shape index (κ3) is 9.25. The van der Waals surface area contributed by atoms with Crippen LogP contribution in [0.15, 0.2) is 60.7 Å². The molecule has 41 heavy (non-hydrogen) atoms. The molecule has 1 aromatic heterocycles. The normalized spacial score (nSPS) is 12.8. The van der Waals surface area contributed by atoms with Gasteiger partial charge in [0.25, 0.3) is 0 Å². The Hall–Kier alpha value is -3.51. The average Bonchev–Trinajstić information content (AvgIpc) is 3.36. The molecule has 0 unspecified atom stereocenters. The molecule has 5 rings (SSSR count). The number of fused-ring (bicyclic) bond motifs is 1. The smallest absolute Gasteiger partial charge is 0.219 e. The highest BCUT2D eigenvalue weighted by Gasteiger charge is 2.18. The molecule has 4 aromatic rings. The molecular weight excluding hydrogens is 532 g/mol. The molecule has 1 aliphatic rings. The summed E-state index contributed by atoms with van der Waals surface area (Å²) in [5, 5.41) is 0.756. The maximum Gasteiger partial charge on any atom is 0.219 e. The van der Waals surface area contributed by atoms with Gasteiger partial charge in [0.1, 0.15) is 11.6 Å². The van der Waals surface area contributed by atoms with E-state index in [1.54, 1.807) is 6.92 Å². The number of ether oxygens (including phenoxy) is 1. The topological polar surface area (TPSA) is 61.5 Å². The Balaban J connectivity index is 0.000000215. The number of imidazole rings is 1. The van der Waals surface area contributed by atoms with Crippen LogP contribution >= 0.6 is 11.6 Å². The molecular formula is C34H45ClN4O2. The van der Waals surface area contributed by atoms with E-state index in [-0.39, 0.29) is 5.91 Å². The van der Waals surface area contributed by atoms with E-state index in [0.717, 1.165) is 78.9 Å². The quantitative estimate of drug-likeness (QED) is 0.251. The molecule has 6 nitrogen and oxygen atoms in total. The Morgan fingerprint density at radius 2 is 1.63 bits per heavy atom. The number of piperazine rings is 1. The van der Waals surface area contributed by atoms with E-state index in [1.807, 2.05) is 30.0 Å². The van der Waals surface area contributed by atoms with Crippen molar-refractivity contribution in [1.29, 1.82) is 0 Å². The van der Waals surface area contributed by atoms with E-state index in [9.17, 15) is 4.79 Å². The highest BCUT2D eigenvalue weighted by molar-refractivity contribution is 6.30. The average molecular weight is 577 g/mol. The lowest BCUT2D eigenvalue weighted by atomic mass is 10.0. The first-order valence-electron chi connectivity index (χ1n) is 14.8. The van der Waals surface area contributed by atoms with Crippen LogP contribution in [0, 0.1) is 6.92 Å². The monoisotopic (exact) mass is 576 g/mol. The molecule has 1 aliphatic heterocycles. The van der Waals surface area contributed by atoms with Crippen LogP contribution in [0.2, 0.25) is 5.02 Å². The fourth-order valence-corrected chi connectivity index (χ4v) is 4.84. The van der Waals surface area contributed by atoms with Gasteiger partial charge in [-0.05, 0) is 78.9 Å². The summed E-state index contributed by atoms with van der Waals surface area (Å²) >= 11 is 5.95. The van der Waals surface area contributed by atoms with Gasteiger partial charge in [-0.15, -0.1) is 0 Å². The summed E-state index contributed by atoms with van der Waals surface area (Å²) in [6.07, 6.45) is 3.25. The number of nitrogens with one attached hydrogen (secondary N) is 1. The number of aromatic nitrogens is 2. The van der Waals surface area contributed by atoms with E-state index < -0.39 is 0 Å². The number of aromatic amines is 1. The Bertz CT molecular complexity index is 1390. The second-order valence-corrected chi connectivity index (χ2v) is 10.7. The van der Waals surface area contributed by atoms with Crippen molar-refractivity contribution in [2.45, 2.75) is 60.8 Å². The van der Waals surface area contributed by atoms with Gasteiger partial charge in [0.15, 0.2) is 0 Å². The van der Waals surface area contributed by atoms with E-state index in [0.29, 0.717) is 0 Å². The number of anilines is 1. The maximum absolute atomic E-state index is 11.2. The van der Waals surface area contributed by atoms with E-state index in [4.69, 9.17) is 16.3 Å². The van der Waals surface area contributed by atoms with Gasteiger partial charge in [-0.2, -0.15) is 0 Å². The summed E-state index contributed by atoms with van der Waals surface area (Å²) in [6.45, 7) is 16.2. The van der Waals surface area contributed by atoms with E-state index in [2.05, 4.69) is 85.0 Å². The summed E-state index contributed by atoms with van der Waals surface area (Å²) in [5.74, 6) is 2.11. The van der Waals surface area contributed by atoms with Crippen LogP contribution in [0.25, 0.3) is 22.2 Å². The Kier molecular flexibility index (Phi) is 12.5. The molecule has 1 N–H and O–H groups in total. The fraction of sp³-hybridized carbons (Fsp3) is 0.412. The largest absolute Gasteiger partial charge is 0.493 e. The van der Waals surface area contributed by atoms with Crippen molar-refractivity contribution < 1.29 is 9.53 Å². The molecule has 1 fully saturated rings. The molecule has 220 valence electrons. The number of carbonyl (C=O) groups is 1. The lowest BCUT2D eigenvalue weighted by molar-refractivity contribution is -0.129. The van der Waals surface area contributed by atoms with Crippen molar-refractivity contribution in [3.05, 3.63) is 77.1 Å². The van der Waals surface area contributed by atoms with Crippen LogP contribution in [0.4, 0.5) is 5.69 Å². The Morgan fingerprint density at radius 1 is 0.951 bits per heavy atom. The second kappa shape index (κ2) is 16.1. The van der Waals surface area contributed by atoms with Crippen LogP contribution in [-0.2, 0) is 11.2 Å². The predicted octanol–water partition coefficient (Wildman–Crippen LogP) is 8.31. The lowest BCUT2D eigenvalue weighted by Crippen LogP contribution is -2.48. The van der Waals surface area contributed by atoms with Crippen molar-refractivity contribution in [2.24, 2.45) is 0 Å². The minimum atomic E-state index is 0.158. The first-order valence-corrected chi connectivity index (χ1v) is 15.2. The third-order valence-corrected chi connectivity index (χ3v) is 6.97. The van der Waals surface area contributed by atoms with Gasteiger partial charge < -0.3 is 19.5 Å². The predicted molar refractivity (Wildman–Crippen MR) is 173 cm³/mol. The van der Waals surface area contributed by atoms with Gasteiger partial charge in [-0.1, -0.05) is 63.9 Å². The highest BCUT2D eigenvalue weighted by Crippen LogP contribution is 2.29. The van der Waals surface area contributed by atoms with Crippen molar-refractivity contribution in [3.63, 3.8) is 0 Å². The van der Waals surface area contributed by atoms with Gasteiger partial charge in [0, 0.05) is 43.8 Å². The first kappa shape index (κ1) is 32.0. The fourth-order valence-electron chi connectivity index (χ4n) is 4.66. The van der Waals surface area contributed by atoms with Crippen molar-refractivity contribution in [3.8, 4) is 16.9 Å². The molecule has 0 atom stereocenters. The Labute approximate surface area is 250 Å². The van der Waals surface area contributed by atoms with Gasteiger partial charge in [-0.25, -0.2) is 4.98 Å². The number of hydrogen-bond donors (Lipinski definition) is 1. The molecule has 3 aromatic carbocycles. The van der Waals surface area contributed by atoms with Gasteiger partial charge in [-0.3, -0.25) is 4.79 Å². The standard InChI is InChI=1S/C19H22N2O.C12H15ClN2O.C3H8/c1-4-10-22-19-9-7-15(11-14(19)5-2)16-6-8-17-18(12-16)21-13(3)20-17;1-10(16)14-5-7-15(8-6-14)12-4-2-3-11(13)9-12;1-3-2/h6-9,11-12H,4-5,10H2,1-3H3,(H,20,21);2-4,9H,5-8H2,1H3;3H2,1-2H3. The molecule has 0 saturated carbocycles. The van der Waals surface area contributed by atoms with E-state index in [1.165, 1.54) is 23.1 Å². The SMILES string of the molecule is CC(=O)N1CCN(c2cccc(Cl)c2)CC1.CCC.CCCOc1ccc(-c2ccc3nc(C)[nH]c3c2)cc1CC. The van der Waals surface area contributed by atoms with Crippen molar-refractivity contribution in [2.75, 3.05) is 37.7 Å². The number of halogens is 1. The second-order valence-electron chi connectivity index (χ2n) is 10.3. The number of H-pyrrole nitrogens is 1. The van der Waals surface area contributed by atoms with Crippen molar-refractivity contribution in [1.82, 2.24) is 14.9 Å². The van der Waals surface area contributed by atoms with E-state index >= 15 is 0 Å². The van der Waals surface area contributed by atoms with Crippen LogP contribution in [0.5, 0.6) is 5.75 Å². The van der Waals surface area contributed by atoms with Gasteiger partial charge in [0.2, 0.25) is 5.91 Å². The Morgan fingerprint density at radius 3 is 2.27 bits per heavy atom. The summed E-state index contributed by atoms with van der Waals surface area (Å²) in [4.78, 5) is 23.1. The number of nitrogens with zero attached hydrogens (tertiary/aromatic N) is 3. The molecule has 7 heteroatoms. The number of aryl methyl sites for hydroxylation is 2. The molecule has 0 radical (unpaired) electrons. The summed E-state index contributed by atoms with van der Waals surface area (Å²) in [6, 6.07) is 20.7. The molecule has 1 amide bonds. The summed E-state index contributed by atoms with van der Waals surface area (Å²) in [7, 11) is 0. The van der Waals surface area contributed by atoms with Crippen LogP contribution in [0.1, 0.15) is 58.8 Å². The minimum Gasteiger partial charge on any atom is -0.493 e. The number of hydrogen-bond acceptors (Lipinski definition) is 4. The van der Waals surface area contributed by atoms with Gasteiger partial charge >= 0.3 is 0 Å². The zero-order chi connectivity index (χ0) is 29.8. The van der Waals surface area contributed by atoms with Gasteiger partial charge in [0.05, 0.1) is 17.6 Å². The summed E-state index contributed by atoms with van der Waals surface area (Å²) in [5.41, 5.74) is 6.91. The number of amides is 1. The first-order chi connectivity index (χ1) is 19.8. The van der Waals surface area contributed by atoms with Crippen LogP contribution < -0.4 is 9.64 Å². The number of rotatable bonds is 6. The van der Waals surface area contributed by atoms with Crippen LogP contribution in [0.3, 0.4) is 0 Å². The minimum absolute atomic E-state index is 0.158. The molecule has 0 spiro atoms. The maximum atomic E-state index is 11.2. The zero-order valence-corrected chi connectivity index (χ0v) is 26.2. The lowest BCUT2D eigenvalue weighted by Gasteiger charge is -2.35. The molecule has 2 heterocycles. The molecule has 0 aliphatic carbocycles. The summed E-state index contributed by atoms with van der Waals surface area (Å²) < 4.78 is 5.83.